The minimum Gasteiger partial charge on any atom is -0.334 e. The van der Waals surface area contributed by atoms with Crippen LogP contribution in [-0.4, -0.2) is 16.0 Å². The number of nitrogens with zero attached hydrogens (tertiary/aromatic N) is 2. The van der Waals surface area contributed by atoms with Crippen LogP contribution in [0.4, 0.5) is 10.1 Å². The molecule has 1 aromatic heterocycles. The van der Waals surface area contributed by atoms with E-state index in [1.165, 1.54) is 12.1 Å². The van der Waals surface area contributed by atoms with Crippen molar-refractivity contribution < 1.29 is 13.7 Å². The zero-order chi connectivity index (χ0) is 19.5. The van der Waals surface area contributed by atoms with E-state index in [9.17, 15) is 9.18 Å². The number of aromatic nitrogens is 2. The third-order valence-corrected chi connectivity index (χ3v) is 4.24. The lowest BCUT2D eigenvalue weighted by Crippen LogP contribution is -2.11. The van der Waals surface area contributed by atoms with Gasteiger partial charge in [0.2, 0.25) is 5.82 Å². The fourth-order valence-electron chi connectivity index (χ4n) is 2.59. The van der Waals surface area contributed by atoms with Gasteiger partial charge in [-0.1, -0.05) is 22.8 Å². The van der Waals surface area contributed by atoms with Crippen molar-refractivity contribution in [2.24, 2.45) is 0 Å². The van der Waals surface area contributed by atoms with Gasteiger partial charge in [0.25, 0.3) is 11.8 Å². The van der Waals surface area contributed by atoms with Gasteiger partial charge < -0.3 is 9.84 Å². The number of halogens is 2. The lowest BCUT2D eigenvalue weighted by Gasteiger charge is -2.06. The zero-order valence-electron chi connectivity index (χ0n) is 14.4. The van der Waals surface area contributed by atoms with Gasteiger partial charge in [-0.25, -0.2) is 4.39 Å². The molecule has 0 radical (unpaired) electrons. The third kappa shape index (κ3) is 3.92. The van der Waals surface area contributed by atoms with E-state index in [-0.39, 0.29) is 11.7 Å². The number of anilines is 1. The average molecular weight is 394 g/mol. The van der Waals surface area contributed by atoms with Crippen LogP contribution in [0, 0.1) is 5.82 Å². The summed E-state index contributed by atoms with van der Waals surface area (Å²) in [6.45, 7) is 0. The summed E-state index contributed by atoms with van der Waals surface area (Å²) in [6.07, 6.45) is 0. The molecule has 138 valence electrons. The van der Waals surface area contributed by atoms with Gasteiger partial charge in [-0.15, -0.1) is 0 Å². The summed E-state index contributed by atoms with van der Waals surface area (Å²) in [5.41, 5.74) is 2.44. The van der Waals surface area contributed by atoms with E-state index in [0.717, 1.165) is 0 Å². The molecule has 5 nitrogen and oxygen atoms in total. The summed E-state index contributed by atoms with van der Waals surface area (Å²) in [5.74, 6) is 0.106. The normalized spacial score (nSPS) is 10.6. The van der Waals surface area contributed by atoms with Crippen molar-refractivity contribution in [1.29, 1.82) is 0 Å². The number of carbonyl (C=O) groups excluding carboxylic acids is 1. The second-order valence-corrected chi connectivity index (χ2v) is 6.41. The molecule has 7 heteroatoms. The van der Waals surface area contributed by atoms with Gasteiger partial charge >= 0.3 is 0 Å². The van der Waals surface area contributed by atoms with Crippen molar-refractivity contribution in [2.45, 2.75) is 0 Å². The molecular formula is C21H13ClFN3O2. The Bertz CT molecular complexity index is 1130. The van der Waals surface area contributed by atoms with Crippen LogP contribution in [-0.2, 0) is 0 Å². The van der Waals surface area contributed by atoms with Crippen LogP contribution in [0.2, 0.25) is 5.02 Å². The molecule has 1 N–H and O–H groups in total. The van der Waals surface area contributed by atoms with E-state index in [1.54, 1.807) is 60.7 Å². The molecule has 0 atom stereocenters. The smallest absolute Gasteiger partial charge is 0.258 e. The van der Waals surface area contributed by atoms with Crippen LogP contribution >= 0.6 is 11.6 Å². The first-order valence-electron chi connectivity index (χ1n) is 8.35. The Hall–Kier alpha value is -3.51. The average Bonchev–Trinajstić information content (AvgIpc) is 3.19. The van der Waals surface area contributed by atoms with Gasteiger partial charge in [0, 0.05) is 27.4 Å². The van der Waals surface area contributed by atoms with Crippen LogP contribution < -0.4 is 5.32 Å². The number of benzene rings is 3. The first-order chi connectivity index (χ1) is 13.6. The zero-order valence-corrected chi connectivity index (χ0v) is 15.2. The van der Waals surface area contributed by atoms with Gasteiger partial charge in [-0.3, -0.25) is 4.79 Å². The molecule has 28 heavy (non-hydrogen) atoms. The molecule has 0 aliphatic heterocycles. The molecule has 0 saturated heterocycles. The van der Waals surface area contributed by atoms with Crippen molar-refractivity contribution in [2.75, 3.05) is 5.32 Å². The van der Waals surface area contributed by atoms with E-state index >= 15 is 0 Å². The van der Waals surface area contributed by atoms with E-state index in [4.69, 9.17) is 16.1 Å². The Morgan fingerprint density at radius 1 is 0.964 bits per heavy atom. The van der Waals surface area contributed by atoms with Gasteiger partial charge in [0.1, 0.15) is 5.82 Å². The third-order valence-electron chi connectivity index (χ3n) is 4.00. The molecule has 0 aliphatic carbocycles. The lowest BCUT2D eigenvalue weighted by molar-refractivity contribution is 0.102. The monoisotopic (exact) mass is 393 g/mol. The van der Waals surface area contributed by atoms with Gasteiger partial charge in [-0.2, -0.15) is 4.98 Å². The molecule has 0 saturated carbocycles. The molecule has 3 aromatic carbocycles. The largest absolute Gasteiger partial charge is 0.334 e. The number of rotatable bonds is 4. The number of carbonyl (C=O) groups is 1. The Kier molecular flexibility index (Phi) is 4.87. The molecule has 0 spiro atoms. The van der Waals surface area contributed by atoms with Crippen molar-refractivity contribution in [1.82, 2.24) is 10.1 Å². The summed E-state index contributed by atoms with van der Waals surface area (Å²) in [7, 11) is 0. The van der Waals surface area contributed by atoms with E-state index in [0.29, 0.717) is 39.1 Å². The van der Waals surface area contributed by atoms with Crippen LogP contribution in [0.1, 0.15) is 10.4 Å². The maximum Gasteiger partial charge on any atom is 0.258 e. The predicted octanol–water partition coefficient (Wildman–Crippen LogP) is 5.45. The highest BCUT2D eigenvalue weighted by Crippen LogP contribution is 2.24. The van der Waals surface area contributed by atoms with Gasteiger partial charge in [0.05, 0.1) is 0 Å². The summed E-state index contributed by atoms with van der Waals surface area (Å²) in [5, 5.41) is 7.22. The molecule has 0 unspecified atom stereocenters. The Morgan fingerprint density at radius 2 is 1.68 bits per heavy atom. The van der Waals surface area contributed by atoms with Crippen LogP contribution in [0.15, 0.2) is 77.3 Å². The standard InChI is InChI=1S/C21H13ClFN3O2/c22-16-3-1-2-15(12-16)20(27)24-18-10-6-14(7-11-18)21-25-19(26-28-21)13-4-8-17(23)9-5-13/h1-12H,(H,24,27). The predicted molar refractivity (Wildman–Crippen MR) is 105 cm³/mol. The second-order valence-electron chi connectivity index (χ2n) is 5.97. The lowest BCUT2D eigenvalue weighted by atomic mass is 10.1. The maximum absolute atomic E-state index is 13.0. The van der Waals surface area contributed by atoms with Crippen molar-refractivity contribution in [3.05, 3.63) is 89.2 Å². The minimum atomic E-state index is -0.331. The molecular weight excluding hydrogens is 381 g/mol. The number of amides is 1. The number of nitrogens with one attached hydrogen (secondary N) is 1. The molecule has 4 aromatic rings. The maximum atomic E-state index is 13.0. The first kappa shape index (κ1) is 17.9. The number of hydrogen-bond acceptors (Lipinski definition) is 4. The topological polar surface area (TPSA) is 68.0 Å². The van der Waals surface area contributed by atoms with Crippen molar-refractivity contribution in [3.63, 3.8) is 0 Å². The Balaban J connectivity index is 1.49. The van der Waals surface area contributed by atoms with E-state index in [1.807, 2.05) is 0 Å². The molecule has 0 aliphatic rings. The van der Waals surface area contributed by atoms with Crippen LogP contribution in [0.25, 0.3) is 22.8 Å². The quantitative estimate of drug-likeness (QED) is 0.500. The SMILES string of the molecule is O=C(Nc1ccc(-c2nc(-c3ccc(F)cc3)no2)cc1)c1cccc(Cl)c1. The molecule has 4 rings (SSSR count). The highest BCUT2D eigenvalue weighted by molar-refractivity contribution is 6.31. The molecule has 0 fully saturated rings. The highest BCUT2D eigenvalue weighted by atomic mass is 35.5. The molecule has 0 bridgehead atoms. The Morgan fingerprint density at radius 3 is 2.39 bits per heavy atom. The second kappa shape index (κ2) is 7.62. The van der Waals surface area contributed by atoms with Crippen LogP contribution in [0.3, 0.4) is 0 Å². The number of hydrogen-bond donors (Lipinski definition) is 1. The fourth-order valence-corrected chi connectivity index (χ4v) is 2.78. The summed E-state index contributed by atoms with van der Waals surface area (Å²) >= 11 is 5.91. The Labute approximate surface area is 164 Å². The van der Waals surface area contributed by atoms with E-state index in [2.05, 4.69) is 15.5 Å². The summed E-state index contributed by atoms with van der Waals surface area (Å²) in [4.78, 5) is 16.6. The van der Waals surface area contributed by atoms with Gasteiger partial charge in [0.15, 0.2) is 0 Å². The summed E-state index contributed by atoms with van der Waals surface area (Å²) in [6, 6.07) is 19.5. The first-order valence-corrected chi connectivity index (χ1v) is 8.73. The van der Waals surface area contributed by atoms with Crippen LogP contribution in [0.5, 0.6) is 0 Å². The van der Waals surface area contributed by atoms with E-state index < -0.39 is 0 Å². The van der Waals surface area contributed by atoms with Gasteiger partial charge in [-0.05, 0) is 66.7 Å². The highest BCUT2D eigenvalue weighted by Gasteiger charge is 2.12. The fraction of sp³-hybridized carbons (Fsp3) is 0. The summed E-state index contributed by atoms with van der Waals surface area (Å²) < 4.78 is 18.3. The molecule has 1 heterocycles. The minimum absolute atomic E-state index is 0.258. The van der Waals surface area contributed by atoms with Crippen molar-refractivity contribution >= 4 is 23.2 Å². The molecule has 1 amide bonds. The van der Waals surface area contributed by atoms with Crippen molar-refractivity contribution in [3.8, 4) is 22.8 Å².